The fraction of sp³-hybridized carbons (Fsp3) is 0.400. The lowest BCUT2D eigenvalue weighted by atomic mass is 9.89. The van der Waals surface area contributed by atoms with E-state index in [9.17, 15) is 12.8 Å². The number of rotatable bonds is 6. The van der Waals surface area contributed by atoms with E-state index in [2.05, 4.69) is 16.9 Å². The van der Waals surface area contributed by atoms with E-state index in [0.29, 0.717) is 6.42 Å². The Kier molecular flexibility index (Phi) is 5.63. The molecule has 0 saturated carbocycles. The molecule has 0 spiro atoms. The molecule has 0 amide bonds. The Morgan fingerprint density at radius 1 is 1.12 bits per heavy atom. The number of methoxy groups -OCH3 is 1. The lowest BCUT2D eigenvalue weighted by Gasteiger charge is -2.22. The molecule has 0 unspecified atom stereocenters. The van der Waals surface area contributed by atoms with Crippen molar-refractivity contribution in [2.75, 3.05) is 7.11 Å². The molecule has 3 rings (SSSR count). The summed E-state index contributed by atoms with van der Waals surface area (Å²) in [5, 5.41) is 0. The Bertz CT molecular complexity index is 896. The molecule has 0 aliphatic heterocycles. The van der Waals surface area contributed by atoms with Crippen molar-refractivity contribution in [1.29, 1.82) is 0 Å². The van der Waals surface area contributed by atoms with Crippen molar-refractivity contribution in [3.05, 3.63) is 58.9 Å². The molecule has 0 radical (unpaired) electrons. The van der Waals surface area contributed by atoms with Crippen LogP contribution < -0.4 is 9.46 Å². The summed E-state index contributed by atoms with van der Waals surface area (Å²) >= 11 is 0. The van der Waals surface area contributed by atoms with Crippen molar-refractivity contribution >= 4 is 10.0 Å². The minimum absolute atomic E-state index is 0.124. The van der Waals surface area contributed by atoms with Crippen LogP contribution >= 0.6 is 0 Å². The van der Waals surface area contributed by atoms with Crippen molar-refractivity contribution in [3.63, 3.8) is 0 Å². The van der Waals surface area contributed by atoms with Crippen molar-refractivity contribution in [1.82, 2.24) is 4.72 Å². The van der Waals surface area contributed by atoms with Gasteiger partial charge >= 0.3 is 0 Å². The molecule has 1 atom stereocenters. The predicted octanol–water partition coefficient (Wildman–Crippen LogP) is 4.14. The average molecular weight is 377 g/mol. The number of halogens is 1. The molecule has 4 nitrogen and oxygen atoms in total. The molecule has 1 N–H and O–H groups in total. The maximum Gasteiger partial charge on any atom is 0.244 e. The summed E-state index contributed by atoms with van der Waals surface area (Å²) in [6, 6.07) is 9.31. The van der Waals surface area contributed by atoms with Gasteiger partial charge in [0.05, 0.1) is 7.11 Å². The number of fused-ring (bicyclic) bond motifs is 1. The number of nitrogens with one attached hydrogen (secondary N) is 1. The maximum atomic E-state index is 13.6. The molecular weight excluding hydrogens is 353 g/mol. The van der Waals surface area contributed by atoms with Crippen LogP contribution in [-0.2, 0) is 22.9 Å². The fourth-order valence-electron chi connectivity index (χ4n) is 3.47. The third kappa shape index (κ3) is 3.91. The number of benzene rings is 2. The van der Waals surface area contributed by atoms with Gasteiger partial charge in [0.2, 0.25) is 10.0 Å². The highest BCUT2D eigenvalue weighted by atomic mass is 32.2. The lowest BCUT2D eigenvalue weighted by Crippen LogP contribution is -2.29. The first-order valence-electron chi connectivity index (χ1n) is 8.92. The van der Waals surface area contributed by atoms with Gasteiger partial charge in [-0.15, -0.1) is 0 Å². The molecule has 0 saturated heterocycles. The van der Waals surface area contributed by atoms with Crippen LogP contribution in [0, 0.1) is 5.82 Å². The zero-order valence-corrected chi connectivity index (χ0v) is 15.9. The Labute approximate surface area is 154 Å². The summed E-state index contributed by atoms with van der Waals surface area (Å²) in [5.74, 6) is -0.493. The number of hydrogen-bond donors (Lipinski definition) is 1. The van der Waals surface area contributed by atoms with E-state index in [0.717, 1.165) is 24.5 Å². The largest absolute Gasteiger partial charge is 0.495 e. The number of aryl methyl sites for hydroxylation is 2. The monoisotopic (exact) mass is 377 g/mol. The molecule has 0 bridgehead atoms. The lowest BCUT2D eigenvalue weighted by molar-refractivity contribution is 0.400. The van der Waals surface area contributed by atoms with Gasteiger partial charge in [-0.3, -0.25) is 0 Å². The van der Waals surface area contributed by atoms with Crippen LogP contribution in [-0.4, -0.2) is 15.5 Å². The fourth-order valence-corrected chi connectivity index (χ4v) is 4.96. The average Bonchev–Trinajstić information content (AvgIpc) is 2.65. The van der Waals surface area contributed by atoms with Crippen molar-refractivity contribution in [3.8, 4) is 5.75 Å². The first-order chi connectivity index (χ1) is 12.4. The zero-order valence-electron chi connectivity index (χ0n) is 15.1. The van der Waals surface area contributed by atoms with Crippen LogP contribution in [0.4, 0.5) is 4.39 Å². The third-order valence-corrected chi connectivity index (χ3v) is 6.39. The van der Waals surface area contributed by atoms with Gasteiger partial charge in [0.1, 0.15) is 16.5 Å². The van der Waals surface area contributed by atoms with E-state index in [-0.39, 0.29) is 16.7 Å². The van der Waals surface area contributed by atoms with Crippen molar-refractivity contribution in [2.24, 2.45) is 0 Å². The summed E-state index contributed by atoms with van der Waals surface area (Å²) in [7, 11) is -2.55. The predicted molar refractivity (Wildman–Crippen MR) is 99.4 cm³/mol. The van der Waals surface area contributed by atoms with Gasteiger partial charge in [-0.25, -0.2) is 17.5 Å². The van der Waals surface area contributed by atoms with Crippen molar-refractivity contribution < 1.29 is 17.5 Å². The molecule has 6 heteroatoms. The highest BCUT2D eigenvalue weighted by Crippen LogP contribution is 2.29. The first-order valence-corrected chi connectivity index (χ1v) is 10.4. The molecule has 0 aromatic heterocycles. The Morgan fingerprint density at radius 3 is 2.54 bits per heavy atom. The molecular formula is C20H24FNO3S. The standard InChI is InChI=1S/C20H24FNO3S/c1-3-18(16-9-8-14-6-4-5-7-15(14)12-16)22-26(23,24)20-13-17(21)10-11-19(20)25-2/h8-13,18,22H,3-7H2,1-2H3/t18-/m0/s1. The van der Waals surface area contributed by atoms with Crippen molar-refractivity contribution in [2.45, 2.75) is 50.0 Å². The number of hydrogen-bond acceptors (Lipinski definition) is 3. The molecule has 0 fully saturated rings. The quantitative estimate of drug-likeness (QED) is 0.823. The second kappa shape index (κ2) is 7.76. The van der Waals surface area contributed by atoms with Gasteiger partial charge in [0.15, 0.2) is 0 Å². The minimum Gasteiger partial charge on any atom is -0.495 e. The topological polar surface area (TPSA) is 55.4 Å². The van der Waals surface area contributed by atoms with Gasteiger partial charge in [0.25, 0.3) is 0 Å². The van der Waals surface area contributed by atoms with Crippen LogP contribution in [0.1, 0.15) is 48.9 Å². The van der Waals surface area contributed by atoms with E-state index in [1.807, 2.05) is 13.0 Å². The zero-order chi connectivity index (χ0) is 18.7. The Hall–Kier alpha value is -1.92. The summed E-state index contributed by atoms with van der Waals surface area (Å²) in [5.41, 5.74) is 3.59. The molecule has 2 aromatic carbocycles. The van der Waals surface area contributed by atoms with Crippen LogP contribution in [0.5, 0.6) is 5.75 Å². The van der Waals surface area contributed by atoms with Gasteiger partial charge in [-0.2, -0.15) is 0 Å². The highest BCUT2D eigenvalue weighted by Gasteiger charge is 2.25. The van der Waals surface area contributed by atoms with E-state index < -0.39 is 15.8 Å². The van der Waals surface area contributed by atoms with Crippen LogP contribution in [0.3, 0.4) is 0 Å². The minimum atomic E-state index is -3.92. The maximum absolute atomic E-state index is 13.6. The Balaban J connectivity index is 1.91. The second-order valence-corrected chi connectivity index (χ2v) is 8.29. The molecule has 0 heterocycles. The molecule has 26 heavy (non-hydrogen) atoms. The summed E-state index contributed by atoms with van der Waals surface area (Å²) in [6.07, 6.45) is 5.08. The summed E-state index contributed by atoms with van der Waals surface area (Å²) < 4.78 is 47.1. The molecule has 2 aromatic rings. The molecule has 1 aliphatic rings. The normalized spacial score (nSPS) is 15.3. The van der Waals surface area contributed by atoms with Gasteiger partial charge in [-0.05, 0) is 67.0 Å². The van der Waals surface area contributed by atoms with Crippen LogP contribution in [0.15, 0.2) is 41.3 Å². The SMILES string of the molecule is CC[C@H](NS(=O)(=O)c1cc(F)ccc1OC)c1ccc2c(c1)CCCC2. The smallest absolute Gasteiger partial charge is 0.244 e. The summed E-state index contributed by atoms with van der Waals surface area (Å²) in [6.45, 7) is 1.93. The van der Waals surface area contributed by atoms with E-state index in [4.69, 9.17) is 4.74 Å². The Morgan fingerprint density at radius 2 is 1.85 bits per heavy atom. The van der Waals surface area contributed by atoms with Crippen LogP contribution in [0.2, 0.25) is 0 Å². The number of ether oxygens (including phenoxy) is 1. The van der Waals surface area contributed by atoms with Crippen LogP contribution in [0.25, 0.3) is 0 Å². The second-order valence-electron chi connectivity index (χ2n) is 6.61. The first kappa shape index (κ1) is 18.9. The molecule has 1 aliphatic carbocycles. The highest BCUT2D eigenvalue weighted by molar-refractivity contribution is 7.89. The van der Waals surface area contributed by atoms with E-state index in [1.165, 1.54) is 43.2 Å². The summed E-state index contributed by atoms with van der Waals surface area (Å²) in [4.78, 5) is -0.184. The van der Waals surface area contributed by atoms with E-state index >= 15 is 0 Å². The molecule has 140 valence electrons. The van der Waals surface area contributed by atoms with Gasteiger partial charge < -0.3 is 4.74 Å². The number of sulfonamides is 1. The third-order valence-electron chi connectivity index (χ3n) is 4.90. The van der Waals surface area contributed by atoms with Gasteiger partial charge in [-0.1, -0.05) is 25.1 Å². The van der Waals surface area contributed by atoms with Gasteiger partial charge in [0, 0.05) is 6.04 Å². The van der Waals surface area contributed by atoms with E-state index in [1.54, 1.807) is 0 Å².